The van der Waals surface area contributed by atoms with E-state index in [1.165, 1.54) is 0 Å². The molecule has 0 spiro atoms. The van der Waals surface area contributed by atoms with Gasteiger partial charge in [-0.2, -0.15) is 18.4 Å². The third kappa shape index (κ3) is 3.35. The molecule has 2 bridgehead atoms. The molecule has 3 aliphatic rings. The van der Waals surface area contributed by atoms with Crippen molar-refractivity contribution in [2.24, 2.45) is 0 Å². The van der Waals surface area contributed by atoms with Gasteiger partial charge in [0.05, 0.1) is 0 Å². The largest absolute Gasteiger partial charge is 0.471 e. The fourth-order valence-corrected chi connectivity index (χ4v) is 6.47. The molecule has 2 saturated heterocycles. The van der Waals surface area contributed by atoms with Crippen molar-refractivity contribution in [3.05, 3.63) is 59.2 Å². The summed E-state index contributed by atoms with van der Waals surface area (Å²) in [7, 11) is 0. The number of nitrogens with one attached hydrogen (secondary N) is 1. The summed E-state index contributed by atoms with van der Waals surface area (Å²) >= 11 is 1.65. The summed E-state index contributed by atoms with van der Waals surface area (Å²) < 4.78 is 39.6. The second kappa shape index (κ2) is 7.44. The third-order valence-electron chi connectivity index (χ3n) is 6.65. The summed E-state index contributed by atoms with van der Waals surface area (Å²) in [4.78, 5) is 15.3. The Hall–Kier alpha value is -3.14. The van der Waals surface area contributed by atoms with Crippen LogP contribution in [0.25, 0.3) is 17.0 Å². The SMILES string of the molecule is O=C(N1C2CCC1CC(=C1c3ccccc3Sc3cc(-c4nn[nH]n4)ccc31)C2)C(F)(F)F. The molecule has 1 aromatic heterocycles. The van der Waals surface area contributed by atoms with Crippen LogP contribution in [0, 0.1) is 0 Å². The van der Waals surface area contributed by atoms with Crippen molar-refractivity contribution in [3.63, 3.8) is 0 Å². The van der Waals surface area contributed by atoms with Gasteiger partial charge in [0.15, 0.2) is 0 Å². The lowest BCUT2D eigenvalue weighted by molar-refractivity contribution is -0.189. The highest BCUT2D eigenvalue weighted by molar-refractivity contribution is 7.99. The molecular weight excluding hydrogens is 451 g/mol. The van der Waals surface area contributed by atoms with E-state index in [0.29, 0.717) is 31.5 Å². The summed E-state index contributed by atoms with van der Waals surface area (Å²) in [6, 6.07) is 13.3. The van der Waals surface area contributed by atoms with Crippen molar-refractivity contribution in [1.29, 1.82) is 0 Å². The molecule has 3 aliphatic heterocycles. The number of aromatic nitrogens is 4. The van der Waals surface area contributed by atoms with Crippen molar-refractivity contribution in [2.45, 2.75) is 53.7 Å². The number of hydrogen-bond donors (Lipinski definition) is 1. The van der Waals surface area contributed by atoms with Gasteiger partial charge in [-0.05, 0) is 59.7 Å². The van der Waals surface area contributed by atoms with E-state index < -0.39 is 24.2 Å². The molecule has 4 heterocycles. The highest BCUT2D eigenvalue weighted by Crippen LogP contribution is 2.51. The summed E-state index contributed by atoms with van der Waals surface area (Å²) in [5, 5.41) is 14.2. The molecule has 168 valence electrons. The first-order chi connectivity index (χ1) is 15.9. The first kappa shape index (κ1) is 20.5. The second-order valence-corrected chi connectivity index (χ2v) is 9.61. The topological polar surface area (TPSA) is 74.8 Å². The maximum atomic E-state index is 13.2. The molecular formula is C23H18F3N5OS. The first-order valence-corrected chi connectivity index (χ1v) is 11.5. The van der Waals surface area contributed by atoms with Gasteiger partial charge in [-0.25, -0.2) is 0 Å². The molecule has 0 saturated carbocycles. The Balaban J connectivity index is 1.45. The van der Waals surface area contributed by atoms with Crippen LogP contribution < -0.4 is 0 Å². The van der Waals surface area contributed by atoms with Gasteiger partial charge in [0, 0.05) is 27.4 Å². The average Bonchev–Trinajstić information content (AvgIpc) is 3.42. The minimum absolute atomic E-state index is 0.413. The maximum absolute atomic E-state index is 13.2. The Labute approximate surface area is 191 Å². The summed E-state index contributed by atoms with van der Waals surface area (Å²) in [5.41, 5.74) is 5.18. The fraction of sp³-hybridized carbons (Fsp3) is 0.304. The maximum Gasteiger partial charge on any atom is 0.471 e. The van der Waals surface area contributed by atoms with Gasteiger partial charge >= 0.3 is 12.1 Å². The lowest BCUT2D eigenvalue weighted by Crippen LogP contribution is -2.50. The zero-order valence-electron chi connectivity index (χ0n) is 17.3. The van der Waals surface area contributed by atoms with Crippen LogP contribution >= 0.6 is 11.8 Å². The van der Waals surface area contributed by atoms with Crippen LogP contribution in [0.5, 0.6) is 0 Å². The predicted octanol–water partition coefficient (Wildman–Crippen LogP) is 4.85. The molecule has 0 aliphatic carbocycles. The molecule has 0 radical (unpaired) electrons. The molecule has 6 rings (SSSR count). The molecule has 1 N–H and O–H groups in total. The number of halogens is 3. The lowest BCUT2D eigenvalue weighted by Gasteiger charge is -2.38. The van der Waals surface area contributed by atoms with E-state index in [9.17, 15) is 18.0 Å². The van der Waals surface area contributed by atoms with Crippen LogP contribution in [-0.2, 0) is 4.79 Å². The quantitative estimate of drug-likeness (QED) is 0.432. The number of fused-ring (bicyclic) bond motifs is 4. The second-order valence-electron chi connectivity index (χ2n) is 8.53. The van der Waals surface area contributed by atoms with Crippen LogP contribution in [0.4, 0.5) is 13.2 Å². The van der Waals surface area contributed by atoms with Crippen LogP contribution in [0.2, 0.25) is 0 Å². The minimum Gasteiger partial charge on any atom is -0.328 e. The molecule has 1 amide bonds. The molecule has 3 aromatic rings. The van der Waals surface area contributed by atoms with E-state index in [1.807, 2.05) is 30.3 Å². The van der Waals surface area contributed by atoms with E-state index >= 15 is 0 Å². The van der Waals surface area contributed by atoms with E-state index in [4.69, 9.17) is 0 Å². The van der Waals surface area contributed by atoms with Gasteiger partial charge in [0.1, 0.15) is 0 Å². The summed E-state index contributed by atoms with van der Waals surface area (Å²) in [5.74, 6) is -1.20. The monoisotopic (exact) mass is 469 g/mol. The highest BCUT2D eigenvalue weighted by Gasteiger charge is 2.51. The Morgan fingerprint density at radius 2 is 1.76 bits per heavy atom. The van der Waals surface area contributed by atoms with Gasteiger partial charge in [0.25, 0.3) is 0 Å². The fourth-order valence-electron chi connectivity index (χ4n) is 5.34. The number of rotatable bonds is 1. The summed E-state index contributed by atoms with van der Waals surface area (Å²) in [6.45, 7) is 0. The summed E-state index contributed by atoms with van der Waals surface area (Å²) in [6.07, 6.45) is -2.72. The molecule has 2 atom stereocenters. The zero-order chi connectivity index (χ0) is 22.7. The van der Waals surface area contributed by atoms with E-state index in [2.05, 4.69) is 32.8 Å². The van der Waals surface area contributed by atoms with Gasteiger partial charge in [-0.3, -0.25) is 4.79 Å². The number of tetrazole rings is 1. The highest BCUT2D eigenvalue weighted by atomic mass is 32.2. The van der Waals surface area contributed by atoms with Gasteiger partial charge in [-0.15, -0.1) is 10.2 Å². The predicted molar refractivity (Wildman–Crippen MR) is 115 cm³/mol. The average molecular weight is 469 g/mol. The number of piperidine rings is 1. The standard InChI is InChI=1S/C23H18F3N5OS/c24-23(25,26)22(32)31-14-6-7-15(31)10-13(9-14)20-16-3-1-2-4-18(16)33-19-11-12(5-8-17(19)20)21-27-29-30-28-21/h1-5,8,11,14-15H,6-7,9-10H2,(H,27,28,29,30). The van der Waals surface area contributed by atoms with E-state index in [0.717, 1.165) is 42.5 Å². The number of carbonyl (C=O) groups is 1. The van der Waals surface area contributed by atoms with Crippen molar-refractivity contribution >= 4 is 23.2 Å². The Kier molecular flexibility index (Phi) is 4.62. The number of benzene rings is 2. The van der Waals surface area contributed by atoms with Crippen molar-refractivity contribution in [3.8, 4) is 11.4 Å². The molecule has 6 nitrogen and oxygen atoms in total. The Morgan fingerprint density at radius 3 is 2.45 bits per heavy atom. The molecule has 10 heteroatoms. The van der Waals surface area contributed by atoms with Crippen molar-refractivity contribution in [2.75, 3.05) is 0 Å². The van der Waals surface area contributed by atoms with Crippen LogP contribution in [0.3, 0.4) is 0 Å². The molecule has 2 aromatic carbocycles. The zero-order valence-corrected chi connectivity index (χ0v) is 18.1. The van der Waals surface area contributed by atoms with Crippen molar-refractivity contribution < 1.29 is 18.0 Å². The first-order valence-electron chi connectivity index (χ1n) is 10.7. The molecule has 2 unspecified atom stereocenters. The number of carbonyl (C=O) groups excluding carboxylic acids is 1. The number of alkyl halides is 3. The van der Waals surface area contributed by atoms with Crippen LogP contribution in [0.1, 0.15) is 36.8 Å². The van der Waals surface area contributed by atoms with Gasteiger partial charge in [-0.1, -0.05) is 47.7 Å². The van der Waals surface area contributed by atoms with E-state index in [-0.39, 0.29) is 0 Å². The Bertz CT molecular complexity index is 1270. The third-order valence-corrected chi connectivity index (χ3v) is 7.78. The van der Waals surface area contributed by atoms with Gasteiger partial charge in [0.2, 0.25) is 5.82 Å². The molecule has 2 fully saturated rings. The number of hydrogen-bond acceptors (Lipinski definition) is 5. The van der Waals surface area contributed by atoms with Crippen LogP contribution in [0.15, 0.2) is 57.8 Å². The minimum atomic E-state index is -4.84. The lowest BCUT2D eigenvalue weighted by atomic mass is 9.85. The Morgan fingerprint density at radius 1 is 1.03 bits per heavy atom. The van der Waals surface area contributed by atoms with E-state index in [1.54, 1.807) is 11.8 Å². The van der Waals surface area contributed by atoms with Crippen LogP contribution in [-0.4, -0.2) is 49.7 Å². The van der Waals surface area contributed by atoms with Gasteiger partial charge < -0.3 is 4.90 Å². The number of aromatic amines is 1. The smallest absolute Gasteiger partial charge is 0.328 e. The number of H-pyrrole nitrogens is 1. The van der Waals surface area contributed by atoms with Crippen molar-refractivity contribution in [1.82, 2.24) is 25.5 Å². The molecule has 33 heavy (non-hydrogen) atoms. The number of nitrogens with zero attached hydrogens (tertiary/aromatic N) is 4. The number of amides is 1. The normalized spacial score (nSPS) is 21.7.